The molecule has 0 N–H and O–H groups in total. The maximum atomic E-state index is 12.5. The molecule has 2 aliphatic rings. The van der Waals surface area contributed by atoms with Crippen LogP contribution in [0.4, 0.5) is 0 Å². The highest BCUT2D eigenvalue weighted by Gasteiger charge is 2.64. The highest BCUT2D eigenvalue weighted by molar-refractivity contribution is 6.23. The molecule has 1 aliphatic heterocycles. The van der Waals surface area contributed by atoms with Crippen LogP contribution in [0.3, 0.4) is 0 Å². The Hall–Kier alpha value is -1.58. The van der Waals surface area contributed by atoms with Gasteiger partial charge in [-0.2, -0.15) is 10.2 Å². The molecule has 0 aromatic carbocycles. The SMILES string of the molecule is CC(=O)C1(C(C)=O)CC(C)=C(C)CC12C(C)=NN=C2C. The number of nitrogens with zero attached hydrogens (tertiary/aromatic N) is 2. The molecular weight excluding hydrogens is 252 g/mol. The Labute approximate surface area is 120 Å². The molecule has 0 aromatic heterocycles. The number of Topliss-reactive ketones (excluding diaryl/α,β-unsaturated/α-hetero) is 2. The minimum atomic E-state index is -1.05. The number of rotatable bonds is 2. The van der Waals surface area contributed by atoms with Crippen molar-refractivity contribution in [2.45, 2.75) is 54.4 Å². The minimum Gasteiger partial charge on any atom is -0.299 e. The zero-order valence-corrected chi connectivity index (χ0v) is 13.1. The lowest BCUT2D eigenvalue weighted by Gasteiger charge is -2.49. The van der Waals surface area contributed by atoms with E-state index in [1.165, 1.54) is 19.4 Å². The molecule has 1 heterocycles. The zero-order valence-electron chi connectivity index (χ0n) is 13.1. The summed E-state index contributed by atoms with van der Waals surface area (Å²) >= 11 is 0. The largest absolute Gasteiger partial charge is 0.299 e. The lowest BCUT2D eigenvalue weighted by molar-refractivity contribution is -0.143. The molecule has 1 aliphatic carbocycles. The third-order valence-electron chi connectivity index (χ3n) is 5.31. The van der Waals surface area contributed by atoms with Gasteiger partial charge < -0.3 is 0 Å². The van der Waals surface area contributed by atoms with Crippen molar-refractivity contribution in [2.24, 2.45) is 21.0 Å². The Balaban J connectivity index is 2.82. The summed E-state index contributed by atoms with van der Waals surface area (Å²) < 4.78 is 0. The van der Waals surface area contributed by atoms with E-state index in [9.17, 15) is 9.59 Å². The molecule has 4 heteroatoms. The summed E-state index contributed by atoms with van der Waals surface area (Å²) in [4.78, 5) is 25.0. The molecule has 2 rings (SSSR count). The molecular formula is C16H22N2O2. The average molecular weight is 274 g/mol. The van der Waals surface area contributed by atoms with Crippen LogP contribution in [0.15, 0.2) is 21.3 Å². The van der Waals surface area contributed by atoms with E-state index < -0.39 is 10.8 Å². The van der Waals surface area contributed by atoms with Gasteiger partial charge in [-0.3, -0.25) is 9.59 Å². The quantitative estimate of drug-likeness (QED) is 0.574. The fraction of sp³-hybridized carbons (Fsp3) is 0.625. The first kappa shape index (κ1) is 14.8. The van der Waals surface area contributed by atoms with Crippen molar-refractivity contribution in [2.75, 3.05) is 0 Å². The summed E-state index contributed by atoms with van der Waals surface area (Å²) in [5, 5.41) is 8.38. The minimum absolute atomic E-state index is 0.0807. The average Bonchev–Trinajstić information content (AvgIpc) is 2.62. The third kappa shape index (κ3) is 1.54. The predicted molar refractivity (Wildman–Crippen MR) is 80.1 cm³/mol. The molecule has 4 nitrogen and oxygen atoms in total. The molecule has 0 radical (unpaired) electrons. The highest BCUT2D eigenvalue weighted by atomic mass is 16.2. The van der Waals surface area contributed by atoms with Gasteiger partial charge in [-0.05, 0) is 54.4 Å². The van der Waals surface area contributed by atoms with E-state index in [-0.39, 0.29) is 11.6 Å². The molecule has 20 heavy (non-hydrogen) atoms. The molecule has 0 saturated carbocycles. The van der Waals surface area contributed by atoms with Crippen LogP contribution in [0, 0.1) is 10.8 Å². The maximum Gasteiger partial charge on any atom is 0.145 e. The van der Waals surface area contributed by atoms with Crippen LogP contribution >= 0.6 is 0 Å². The summed E-state index contributed by atoms with van der Waals surface area (Å²) in [6, 6.07) is 0. The van der Waals surface area contributed by atoms with Crippen molar-refractivity contribution in [1.29, 1.82) is 0 Å². The molecule has 0 amide bonds. The Morgan fingerprint density at radius 3 is 1.65 bits per heavy atom. The Morgan fingerprint density at radius 1 is 0.850 bits per heavy atom. The van der Waals surface area contributed by atoms with Crippen molar-refractivity contribution in [1.82, 2.24) is 0 Å². The number of hydrogen-bond acceptors (Lipinski definition) is 4. The van der Waals surface area contributed by atoms with Crippen molar-refractivity contribution in [3.05, 3.63) is 11.1 Å². The van der Waals surface area contributed by atoms with Gasteiger partial charge in [0.25, 0.3) is 0 Å². The van der Waals surface area contributed by atoms with Crippen LogP contribution in [0.25, 0.3) is 0 Å². The number of carbonyl (C=O) groups is 2. The monoisotopic (exact) mass is 274 g/mol. The van der Waals surface area contributed by atoms with E-state index in [0.717, 1.165) is 17.0 Å². The van der Waals surface area contributed by atoms with Crippen molar-refractivity contribution in [3.63, 3.8) is 0 Å². The van der Waals surface area contributed by atoms with E-state index in [4.69, 9.17) is 0 Å². The van der Waals surface area contributed by atoms with E-state index in [1.807, 2.05) is 20.8 Å². The van der Waals surface area contributed by atoms with Crippen molar-refractivity contribution < 1.29 is 9.59 Å². The number of carbonyl (C=O) groups excluding carboxylic acids is 2. The maximum absolute atomic E-state index is 12.5. The lowest BCUT2D eigenvalue weighted by atomic mass is 9.49. The second kappa shape index (κ2) is 4.47. The second-order valence-corrected chi connectivity index (χ2v) is 6.21. The van der Waals surface area contributed by atoms with E-state index in [2.05, 4.69) is 17.1 Å². The van der Waals surface area contributed by atoms with E-state index in [0.29, 0.717) is 12.8 Å². The number of allylic oxidation sites excluding steroid dienone is 2. The molecule has 0 unspecified atom stereocenters. The van der Waals surface area contributed by atoms with Crippen molar-refractivity contribution >= 4 is 23.0 Å². The Kier molecular flexibility index (Phi) is 3.31. The molecule has 0 aromatic rings. The topological polar surface area (TPSA) is 58.9 Å². The van der Waals surface area contributed by atoms with Gasteiger partial charge in [-0.1, -0.05) is 11.1 Å². The molecule has 0 atom stereocenters. The van der Waals surface area contributed by atoms with Crippen LogP contribution < -0.4 is 0 Å². The predicted octanol–water partition coefficient (Wildman–Crippen LogP) is 3.12. The van der Waals surface area contributed by atoms with Gasteiger partial charge in [0.05, 0.1) is 16.8 Å². The normalized spacial score (nSPS) is 23.7. The summed E-state index contributed by atoms with van der Waals surface area (Å²) in [5.74, 6) is -0.161. The van der Waals surface area contributed by atoms with Crippen LogP contribution in [0.5, 0.6) is 0 Å². The van der Waals surface area contributed by atoms with Crippen LogP contribution in [0.1, 0.15) is 54.4 Å². The molecule has 0 saturated heterocycles. The van der Waals surface area contributed by atoms with Crippen LogP contribution in [0.2, 0.25) is 0 Å². The van der Waals surface area contributed by atoms with Crippen LogP contribution in [-0.4, -0.2) is 23.0 Å². The Morgan fingerprint density at radius 2 is 1.25 bits per heavy atom. The third-order valence-corrected chi connectivity index (χ3v) is 5.31. The smallest absolute Gasteiger partial charge is 0.145 e. The van der Waals surface area contributed by atoms with Gasteiger partial charge in [0.1, 0.15) is 17.0 Å². The Bertz CT molecular complexity index is 548. The fourth-order valence-corrected chi connectivity index (χ4v) is 3.95. The van der Waals surface area contributed by atoms with Gasteiger partial charge in [-0.15, -0.1) is 0 Å². The number of ketones is 2. The highest BCUT2D eigenvalue weighted by Crippen LogP contribution is 2.56. The molecule has 0 bridgehead atoms. The first-order valence-corrected chi connectivity index (χ1v) is 6.97. The van der Waals surface area contributed by atoms with Gasteiger partial charge in [0, 0.05) is 0 Å². The van der Waals surface area contributed by atoms with Gasteiger partial charge in [0.2, 0.25) is 0 Å². The van der Waals surface area contributed by atoms with E-state index >= 15 is 0 Å². The van der Waals surface area contributed by atoms with E-state index in [1.54, 1.807) is 0 Å². The van der Waals surface area contributed by atoms with Crippen molar-refractivity contribution in [3.8, 4) is 0 Å². The zero-order chi connectivity index (χ0) is 15.3. The molecule has 108 valence electrons. The van der Waals surface area contributed by atoms with Gasteiger partial charge in [0.15, 0.2) is 0 Å². The first-order valence-electron chi connectivity index (χ1n) is 6.97. The first-order chi connectivity index (χ1) is 9.20. The summed E-state index contributed by atoms with van der Waals surface area (Å²) in [5.41, 5.74) is 2.23. The summed E-state index contributed by atoms with van der Waals surface area (Å²) in [6.45, 7) is 10.9. The van der Waals surface area contributed by atoms with Gasteiger partial charge in [-0.25, -0.2) is 0 Å². The molecule has 0 fully saturated rings. The standard InChI is InChI=1S/C16H22N2O2/c1-9-7-15(11(3)17-18-12(15)4)16(13(5)19,14(6)20)8-10(9)2/h7-8H2,1-6H3. The second-order valence-electron chi connectivity index (χ2n) is 6.21. The van der Waals surface area contributed by atoms with Gasteiger partial charge >= 0.3 is 0 Å². The van der Waals surface area contributed by atoms with Crippen LogP contribution in [-0.2, 0) is 9.59 Å². The summed E-state index contributed by atoms with van der Waals surface area (Å²) in [7, 11) is 0. The summed E-state index contributed by atoms with van der Waals surface area (Å²) in [6.07, 6.45) is 1.13. The lowest BCUT2D eigenvalue weighted by Crippen LogP contribution is -2.59. The molecule has 1 spiro atoms. The number of hydrogen-bond donors (Lipinski definition) is 0. The fourth-order valence-electron chi connectivity index (χ4n) is 3.95.